The predicted octanol–water partition coefficient (Wildman–Crippen LogP) is 3.59. The van der Waals surface area contributed by atoms with Crippen LogP contribution < -0.4 is 5.32 Å². The highest BCUT2D eigenvalue weighted by molar-refractivity contribution is 7.89. The first-order chi connectivity index (χ1) is 13.3. The molecule has 3 rings (SSSR count). The maximum Gasteiger partial charge on any atom is 0.257 e. The van der Waals surface area contributed by atoms with Gasteiger partial charge in [-0.1, -0.05) is 19.4 Å². The number of aryl methyl sites for hydroxylation is 1. The number of benzene rings is 1. The SMILES string of the molecule is CCC(C)n1nccc1NC(=O)c1cc(S(=O)(=O)N2CCCCC2)ccc1C. The molecule has 8 heteroatoms. The zero-order valence-electron chi connectivity index (χ0n) is 16.7. The Kier molecular flexibility index (Phi) is 6.20. The third-order valence-corrected chi connectivity index (χ3v) is 7.22. The van der Waals surface area contributed by atoms with Crippen LogP contribution in [0, 0.1) is 6.92 Å². The molecule has 2 heterocycles. The molecule has 7 nitrogen and oxygen atoms in total. The fourth-order valence-electron chi connectivity index (χ4n) is 3.38. The number of sulfonamides is 1. The van der Waals surface area contributed by atoms with Crippen molar-refractivity contribution in [2.45, 2.75) is 57.4 Å². The number of anilines is 1. The van der Waals surface area contributed by atoms with E-state index < -0.39 is 10.0 Å². The lowest BCUT2D eigenvalue weighted by Crippen LogP contribution is -2.35. The van der Waals surface area contributed by atoms with Crippen LogP contribution in [0.4, 0.5) is 5.82 Å². The largest absolute Gasteiger partial charge is 0.307 e. The Labute approximate surface area is 166 Å². The third kappa shape index (κ3) is 4.12. The van der Waals surface area contributed by atoms with Gasteiger partial charge >= 0.3 is 0 Å². The second-order valence-electron chi connectivity index (χ2n) is 7.31. The molecule has 1 unspecified atom stereocenters. The lowest BCUT2D eigenvalue weighted by atomic mass is 10.1. The van der Waals surface area contributed by atoms with Gasteiger partial charge in [-0.3, -0.25) is 4.79 Å². The van der Waals surface area contributed by atoms with Crippen LogP contribution in [0.25, 0.3) is 0 Å². The van der Waals surface area contributed by atoms with E-state index in [1.165, 1.54) is 10.4 Å². The van der Waals surface area contributed by atoms with Gasteiger partial charge < -0.3 is 5.32 Å². The maximum absolute atomic E-state index is 13.0. The molecule has 152 valence electrons. The van der Waals surface area contributed by atoms with Crippen LogP contribution in [0.3, 0.4) is 0 Å². The van der Waals surface area contributed by atoms with E-state index >= 15 is 0 Å². The van der Waals surface area contributed by atoms with E-state index in [0.29, 0.717) is 24.5 Å². The quantitative estimate of drug-likeness (QED) is 0.797. The monoisotopic (exact) mass is 404 g/mol. The molecule has 1 aromatic heterocycles. The van der Waals surface area contributed by atoms with Crippen molar-refractivity contribution in [2.75, 3.05) is 18.4 Å². The molecular formula is C20H28N4O3S. The van der Waals surface area contributed by atoms with Crippen LogP contribution in [0.5, 0.6) is 0 Å². The van der Waals surface area contributed by atoms with Crippen molar-refractivity contribution in [2.24, 2.45) is 0 Å². The summed E-state index contributed by atoms with van der Waals surface area (Å²) >= 11 is 0. The maximum atomic E-state index is 13.0. The van der Waals surface area contributed by atoms with Crippen LogP contribution in [-0.2, 0) is 10.0 Å². The average molecular weight is 405 g/mol. The van der Waals surface area contributed by atoms with Gasteiger partial charge in [0.1, 0.15) is 5.82 Å². The molecular weight excluding hydrogens is 376 g/mol. The minimum Gasteiger partial charge on any atom is -0.307 e. The molecule has 1 aliphatic heterocycles. The highest BCUT2D eigenvalue weighted by Crippen LogP contribution is 2.24. The summed E-state index contributed by atoms with van der Waals surface area (Å²) in [4.78, 5) is 13.1. The average Bonchev–Trinajstić information content (AvgIpc) is 3.16. The Balaban J connectivity index is 1.87. The number of piperidine rings is 1. The van der Waals surface area contributed by atoms with Crippen LogP contribution in [0.15, 0.2) is 35.4 Å². The smallest absolute Gasteiger partial charge is 0.257 e. The third-order valence-electron chi connectivity index (χ3n) is 5.33. The van der Waals surface area contributed by atoms with Crippen molar-refractivity contribution < 1.29 is 13.2 Å². The van der Waals surface area contributed by atoms with Crippen molar-refractivity contribution in [1.82, 2.24) is 14.1 Å². The molecule has 1 aliphatic rings. The summed E-state index contributed by atoms with van der Waals surface area (Å²) in [5, 5.41) is 7.15. The Morgan fingerprint density at radius 3 is 2.61 bits per heavy atom. The first kappa shape index (κ1) is 20.5. The van der Waals surface area contributed by atoms with Crippen LogP contribution >= 0.6 is 0 Å². The number of hydrogen-bond acceptors (Lipinski definition) is 4. The summed E-state index contributed by atoms with van der Waals surface area (Å²) in [7, 11) is -3.59. The zero-order valence-corrected chi connectivity index (χ0v) is 17.5. The summed E-state index contributed by atoms with van der Waals surface area (Å²) in [6.45, 7) is 6.95. The predicted molar refractivity (Wildman–Crippen MR) is 109 cm³/mol. The van der Waals surface area contributed by atoms with Gasteiger partial charge in [-0.05, 0) is 50.8 Å². The van der Waals surface area contributed by atoms with Crippen LogP contribution in [0.2, 0.25) is 0 Å². The van der Waals surface area contributed by atoms with E-state index in [1.807, 2.05) is 6.92 Å². The molecule has 0 bridgehead atoms. The molecule has 1 saturated heterocycles. The Morgan fingerprint density at radius 1 is 1.21 bits per heavy atom. The molecule has 0 aliphatic carbocycles. The molecule has 0 saturated carbocycles. The van der Waals surface area contributed by atoms with Gasteiger partial charge in [0.2, 0.25) is 10.0 Å². The standard InChI is InChI=1S/C20H28N4O3S/c1-4-16(3)24-19(10-11-21-24)22-20(25)18-14-17(9-8-15(18)2)28(26,27)23-12-6-5-7-13-23/h8-11,14,16H,4-7,12-13H2,1-3H3,(H,22,25). The molecule has 1 fully saturated rings. The van der Waals surface area contributed by atoms with Crippen LogP contribution in [-0.4, -0.2) is 41.5 Å². The molecule has 2 aromatic rings. The molecule has 1 aromatic carbocycles. The summed E-state index contributed by atoms with van der Waals surface area (Å²) in [5.74, 6) is 0.265. The Morgan fingerprint density at radius 2 is 1.93 bits per heavy atom. The molecule has 1 N–H and O–H groups in total. The molecule has 28 heavy (non-hydrogen) atoms. The number of hydrogen-bond donors (Lipinski definition) is 1. The normalized spacial score (nSPS) is 16.7. The van der Waals surface area contributed by atoms with Crippen molar-refractivity contribution >= 4 is 21.7 Å². The number of carbonyl (C=O) groups is 1. The van der Waals surface area contributed by atoms with Gasteiger partial charge in [-0.2, -0.15) is 9.40 Å². The van der Waals surface area contributed by atoms with Gasteiger partial charge in [0.05, 0.1) is 17.1 Å². The van der Waals surface area contributed by atoms with Crippen molar-refractivity contribution in [3.63, 3.8) is 0 Å². The Bertz CT molecular complexity index is 946. The summed E-state index contributed by atoms with van der Waals surface area (Å²) in [5.41, 5.74) is 1.08. The number of aromatic nitrogens is 2. The van der Waals surface area contributed by atoms with E-state index in [1.54, 1.807) is 36.0 Å². The second-order valence-corrected chi connectivity index (χ2v) is 9.25. The minimum absolute atomic E-state index is 0.150. The first-order valence-corrected chi connectivity index (χ1v) is 11.2. The summed E-state index contributed by atoms with van der Waals surface area (Å²) in [6, 6.07) is 6.65. The van der Waals surface area contributed by atoms with Gasteiger partial charge in [-0.25, -0.2) is 13.1 Å². The van der Waals surface area contributed by atoms with E-state index in [2.05, 4.69) is 17.3 Å². The molecule has 0 spiro atoms. The lowest BCUT2D eigenvalue weighted by molar-refractivity contribution is 0.102. The van der Waals surface area contributed by atoms with Gasteiger partial charge in [0.25, 0.3) is 5.91 Å². The number of nitrogens with one attached hydrogen (secondary N) is 1. The topological polar surface area (TPSA) is 84.3 Å². The van der Waals surface area contributed by atoms with E-state index in [0.717, 1.165) is 31.2 Å². The number of amides is 1. The highest BCUT2D eigenvalue weighted by Gasteiger charge is 2.27. The summed E-state index contributed by atoms with van der Waals surface area (Å²) < 4.78 is 29.2. The lowest BCUT2D eigenvalue weighted by Gasteiger charge is -2.26. The first-order valence-electron chi connectivity index (χ1n) is 9.80. The van der Waals surface area contributed by atoms with E-state index in [9.17, 15) is 13.2 Å². The van der Waals surface area contributed by atoms with E-state index in [4.69, 9.17) is 0 Å². The van der Waals surface area contributed by atoms with Gasteiger partial charge in [-0.15, -0.1) is 0 Å². The van der Waals surface area contributed by atoms with Crippen molar-refractivity contribution in [3.05, 3.63) is 41.6 Å². The number of rotatable bonds is 6. The Hall–Kier alpha value is -2.19. The van der Waals surface area contributed by atoms with Crippen LogP contribution in [0.1, 0.15) is 61.5 Å². The highest BCUT2D eigenvalue weighted by atomic mass is 32.2. The molecule has 0 radical (unpaired) electrons. The fourth-order valence-corrected chi connectivity index (χ4v) is 4.93. The zero-order chi connectivity index (χ0) is 20.3. The van der Waals surface area contributed by atoms with Gasteiger partial charge in [0, 0.05) is 24.7 Å². The molecule has 1 amide bonds. The number of nitrogens with zero attached hydrogens (tertiary/aromatic N) is 3. The number of carbonyl (C=O) groups excluding carboxylic acids is 1. The fraction of sp³-hybridized carbons (Fsp3) is 0.500. The van der Waals surface area contributed by atoms with Crippen molar-refractivity contribution in [1.29, 1.82) is 0 Å². The molecule has 1 atom stereocenters. The summed E-state index contributed by atoms with van der Waals surface area (Å²) in [6.07, 6.45) is 5.33. The minimum atomic E-state index is -3.59. The van der Waals surface area contributed by atoms with Crippen molar-refractivity contribution in [3.8, 4) is 0 Å². The van der Waals surface area contributed by atoms with Gasteiger partial charge in [0.15, 0.2) is 0 Å². The second kappa shape index (κ2) is 8.45. The van der Waals surface area contributed by atoms with E-state index in [-0.39, 0.29) is 16.8 Å².